The summed E-state index contributed by atoms with van der Waals surface area (Å²) < 4.78 is 5.41. The van der Waals surface area contributed by atoms with Gasteiger partial charge in [0.1, 0.15) is 5.75 Å². The molecule has 3 N–H and O–H groups in total. The van der Waals surface area contributed by atoms with E-state index < -0.39 is 0 Å². The van der Waals surface area contributed by atoms with E-state index in [0.29, 0.717) is 13.1 Å². The second kappa shape index (κ2) is 7.88. The molecule has 0 radical (unpaired) electrons. The van der Waals surface area contributed by atoms with Crippen LogP contribution in [-0.2, 0) is 5.41 Å². The third-order valence-electron chi connectivity index (χ3n) is 6.65. The van der Waals surface area contributed by atoms with Gasteiger partial charge in [0.25, 0.3) is 0 Å². The van der Waals surface area contributed by atoms with E-state index in [4.69, 9.17) is 4.74 Å². The fraction of sp³-hybridized carbons (Fsp3) is 0.591. The average molecular weight is 401 g/mol. The van der Waals surface area contributed by atoms with Crippen LogP contribution < -0.4 is 10.1 Å². The molecule has 2 aliphatic rings. The molecule has 2 aliphatic heterocycles. The molecule has 1 saturated heterocycles. The number of benzene rings is 1. The number of aromatic nitrogens is 1. The molecule has 1 aromatic carbocycles. The van der Waals surface area contributed by atoms with Gasteiger partial charge in [-0.2, -0.15) is 0 Å². The minimum Gasteiger partial charge on any atom is -0.497 e. The van der Waals surface area contributed by atoms with Crippen molar-refractivity contribution in [2.24, 2.45) is 0 Å². The maximum Gasteiger partial charge on any atom is 0.318 e. The number of amides is 2. The lowest BCUT2D eigenvalue weighted by molar-refractivity contribution is 0.0732. The number of carbonyl (C=O) groups is 1. The summed E-state index contributed by atoms with van der Waals surface area (Å²) >= 11 is 0. The topological polar surface area (TPSA) is 80.8 Å². The number of rotatable bonds is 4. The lowest BCUT2D eigenvalue weighted by atomic mass is 9.68. The molecule has 1 atom stereocenters. The molecule has 3 heterocycles. The minimum atomic E-state index is -0.370. The number of fused-ring (bicyclic) bond motifs is 4. The van der Waals surface area contributed by atoms with Gasteiger partial charge in [-0.05, 0) is 57.1 Å². The molecule has 0 bridgehead atoms. The first kappa shape index (κ1) is 20.0. The molecule has 2 amide bonds. The maximum absolute atomic E-state index is 13.0. The Labute approximate surface area is 172 Å². The van der Waals surface area contributed by atoms with Crippen LogP contribution in [0.5, 0.6) is 5.75 Å². The average Bonchev–Trinajstić information content (AvgIpc) is 3.13. The summed E-state index contributed by atoms with van der Waals surface area (Å²) in [6.45, 7) is 5.20. The quantitative estimate of drug-likeness (QED) is 0.737. The van der Waals surface area contributed by atoms with Crippen molar-refractivity contribution in [2.45, 2.75) is 37.6 Å². The number of likely N-dealkylation sites (tertiary alicyclic amines) is 1. The molecule has 1 spiro atoms. The maximum atomic E-state index is 13.0. The van der Waals surface area contributed by atoms with E-state index in [-0.39, 0.29) is 24.1 Å². The molecule has 0 aliphatic carbocycles. The Balaban J connectivity index is 1.85. The minimum absolute atomic E-state index is 0.0916. The van der Waals surface area contributed by atoms with Crippen LogP contribution >= 0.6 is 0 Å². The van der Waals surface area contributed by atoms with Crippen molar-refractivity contribution in [1.82, 2.24) is 20.1 Å². The van der Waals surface area contributed by atoms with Gasteiger partial charge in [-0.1, -0.05) is 6.92 Å². The van der Waals surface area contributed by atoms with Crippen LogP contribution in [0.25, 0.3) is 10.9 Å². The molecule has 1 aromatic heterocycles. The highest BCUT2D eigenvalue weighted by molar-refractivity contribution is 5.88. The summed E-state index contributed by atoms with van der Waals surface area (Å²) in [6, 6.07) is 5.65. The van der Waals surface area contributed by atoms with Gasteiger partial charge in [0.2, 0.25) is 0 Å². The van der Waals surface area contributed by atoms with Gasteiger partial charge in [-0.25, -0.2) is 4.79 Å². The molecular formula is C22H32N4O3. The Morgan fingerprint density at radius 1 is 1.38 bits per heavy atom. The van der Waals surface area contributed by atoms with Crippen molar-refractivity contribution in [3.05, 3.63) is 29.5 Å². The number of ether oxygens (including phenoxy) is 1. The van der Waals surface area contributed by atoms with E-state index in [2.05, 4.69) is 28.3 Å². The molecule has 158 valence electrons. The van der Waals surface area contributed by atoms with Crippen LogP contribution in [0.15, 0.2) is 18.2 Å². The fourth-order valence-electron chi connectivity index (χ4n) is 5.01. The number of carbonyl (C=O) groups excluding carboxylic acids is 1. The van der Waals surface area contributed by atoms with Crippen molar-refractivity contribution in [3.8, 4) is 5.75 Å². The zero-order valence-electron chi connectivity index (χ0n) is 17.6. The number of H-pyrrole nitrogens is 1. The number of piperidine rings is 1. The van der Waals surface area contributed by atoms with E-state index in [1.54, 1.807) is 7.11 Å². The second-order valence-corrected chi connectivity index (χ2v) is 8.47. The number of methoxy groups -OCH3 is 1. The molecule has 2 aromatic rings. The molecule has 7 nitrogen and oxygen atoms in total. The van der Waals surface area contributed by atoms with E-state index in [1.807, 2.05) is 24.0 Å². The first-order valence-electron chi connectivity index (χ1n) is 10.6. The monoisotopic (exact) mass is 400 g/mol. The molecule has 1 fully saturated rings. The van der Waals surface area contributed by atoms with Gasteiger partial charge in [-0.15, -0.1) is 0 Å². The largest absolute Gasteiger partial charge is 0.497 e. The predicted octanol–water partition coefficient (Wildman–Crippen LogP) is 2.61. The number of aliphatic hydroxyl groups excluding tert-OH is 1. The Bertz CT molecular complexity index is 886. The number of nitrogens with zero attached hydrogens (tertiary/aromatic N) is 2. The summed E-state index contributed by atoms with van der Waals surface area (Å²) in [5.41, 5.74) is 3.14. The standard InChI is InChI=1S/C22H32N4O3/c1-4-9-23-21(28)26-14-22(7-10-25(2)11-8-22)19-16-6-5-15(29-3)12-17(16)24-20(19)18(26)13-27/h5-6,12,18,24,27H,4,7-11,13-14H2,1-3H3,(H,23,28)/t18-/m1/s1. The summed E-state index contributed by atoms with van der Waals surface area (Å²) in [5, 5.41) is 14.5. The third kappa shape index (κ3) is 3.36. The van der Waals surface area contributed by atoms with Crippen molar-refractivity contribution in [3.63, 3.8) is 0 Å². The smallest absolute Gasteiger partial charge is 0.318 e. The van der Waals surface area contributed by atoms with Gasteiger partial charge in [0.05, 0.1) is 19.8 Å². The summed E-state index contributed by atoms with van der Waals surface area (Å²) in [6.07, 6.45) is 2.87. The SMILES string of the molecule is CCCNC(=O)N1CC2(CCN(C)CC2)c2c([nH]c3cc(OC)ccc23)[C@H]1CO. The first-order chi connectivity index (χ1) is 14.0. The van der Waals surface area contributed by atoms with E-state index in [0.717, 1.165) is 49.3 Å². The van der Waals surface area contributed by atoms with Crippen LogP contribution in [0, 0.1) is 0 Å². The van der Waals surface area contributed by atoms with E-state index in [9.17, 15) is 9.90 Å². The molecule has 0 unspecified atom stereocenters. The highest BCUT2D eigenvalue weighted by atomic mass is 16.5. The van der Waals surface area contributed by atoms with Crippen LogP contribution in [0.1, 0.15) is 43.5 Å². The lowest BCUT2D eigenvalue weighted by Crippen LogP contribution is -2.56. The Morgan fingerprint density at radius 2 is 2.14 bits per heavy atom. The fourth-order valence-corrected chi connectivity index (χ4v) is 5.01. The third-order valence-corrected chi connectivity index (χ3v) is 6.65. The zero-order chi connectivity index (χ0) is 20.6. The predicted molar refractivity (Wildman–Crippen MR) is 113 cm³/mol. The van der Waals surface area contributed by atoms with Crippen LogP contribution in [-0.4, -0.2) is 72.9 Å². The number of aromatic amines is 1. The second-order valence-electron chi connectivity index (χ2n) is 8.47. The molecule has 29 heavy (non-hydrogen) atoms. The number of hydrogen-bond donors (Lipinski definition) is 3. The van der Waals surface area contributed by atoms with Crippen LogP contribution in [0.4, 0.5) is 4.79 Å². The number of hydrogen-bond acceptors (Lipinski definition) is 4. The summed E-state index contributed by atoms with van der Waals surface area (Å²) in [7, 11) is 3.82. The highest BCUT2D eigenvalue weighted by Gasteiger charge is 2.48. The van der Waals surface area contributed by atoms with Crippen LogP contribution in [0.2, 0.25) is 0 Å². The molecule has 4 rings (SSSR count). The number of urea groups is 1. The molecule has 7 heteroatoms. The van der Waals surface area contributed by atoms with Gasteiger partial charge < -0.3 is 29.9 Å². The van der Waals surface area contributed by atoms with Gasteiger partial charge in [0, 0.05) is 41.2 Å². The van der Waals surface area contributed by atoms with Gasteiger partial charge >= 0.3 is 6.03 Å². The Kier molecular flexibility index (Phi) is 5.44. The Morgan fingerprint density at radius 3 is 2.79 bits per heavy atom. The highest BCUT2D eigenvalue weighted by Crippen LogP contribution is 2.48. The molecule has 0 saturated carbocycles. The van der Waals surface area contributed by atoms with E-state index in [1.165, 1.54) is 10.9 Å². The number of nitrogens with one attached hydrogen (secondary N) is 2. The lowest BCUT2D eigenvalue weighted by Gasteiger charge is -2.49. The normalized spacial score (nSPS) is 21.4. The first-order valence-corrected chi connectivity index (χ1v) is 10.6. The van der Waals surface area contributed by atoms with Crippen molar-refractivity contribution in [2.75, 3.05) is 46.9 Å². The van der Waals surface area contributed by atoms with E-state index >= 15 is 0 Å². The van der Waals surface area contributed by atoms with Crippen molar-refractivity contribution >= 4 is 16.9 Å². The summed E-state index contributed by atoms with van der Waals surface area (Å²) in [4.78, 5) is 20.7. The van der Waals surface area contributed by atoms with Crippen molar-refractivity contribution < 1.29 is 14.6 Å². The number of aliphatic hydroxyl groups is 1. The zero-order valence-corrected chi connectivity index (χ0v) is 17.6. The van der Waals surface area contributed by atoms with Crippen molar-refractivity contribution in [1.29, 1.82) is 0 Å². The molecular weight excluding hydrogens is 368 g/mol. The van der Waals surface area contributed by atoms with Crippen LogP contribution in [0.3, 0.4) is 0 Å². The van der Waals surface area contributed by atoms with Gasteiger partial charge in [0.15, 0.2) is 0 Å². The Hall–Kier alpha value is -2.25. The summed E-state index contributed by atoms with van der Waals surface area (Å²) in [5.74, 6) is 0.798. The van der Waals surface area contributed by atoms with Gasteiger partial charge in [-0.3, -0.25) is 0 Å².